The van der Waals surface area contributed by atoms with E-state index in [2.05, 4.69) is 47.4 Å². The van der Waals surface area contributed by atoms with E-state index in [4.69, 9.17) is 20.4 Å². The molecule has 0 aliphatic carbocycles. The minimum absolute atomic E-state index is 0.0124. The molecule has 0 aromatic heterocycles. The normalized spacial score (nSPS) is 9.35. The summed E-state index contributed by atoms with van der Waals surface area (Å²) in [4.78, 5) is 51.4. The molecule has 4 rings (SSSR count). The largest absolute Gasteiger partial charge is 0.392 e. The standard InChI is InChI=1S/4C14H17NO2/c4*1-15(2)14(17)10-6-5-8-12-7-3-4-9-13(12)11-16/h4*3-4,7,9,16H,6,10-11H2,1-2H3. The van der Waals surface area contributed by atoms with E-state index in [9.17, 15) is 19.2 Å². The molecule has 0 saturated heterocycles. The van der Waals surface area contributed by atoms with Crippen LogP contribution in [0.5, 0.6) is 0 Å². The average Bonchev–Trinajstić information content (AvgIpc) is 3.34. The summed E-state index contributed by atoms with van der Waals surface area (Å²) in [5, 5.41) is 36.4. The molecule has 4 amide bonds. The zero-order valence-electron chi connectivity index (χ0n) is 40.9. The predicted octanol–water partition coefficient (Wildman–Crippen LogP) is 5.60. The Morgan fingerprint density at radius 2 is 0.515 bits per heavy atom. The highest BCUT2D eigenvalue weighted by Gasteiger charge is 2.05. The lowest BCUT2D eigenvalue weighted by atomic mass is 10.1. The summed E-state index contributed by atoms with van der Waals surface area (Å²) in [6, 6.07) is 29.8. The van der Waals surface area contributed by atoms with Crippen LogP contribution >= 0.6 is 0 Å². The highest BCUT2D eigenvalue weighted by molar-refractivity contribution is 5.77. The van der Waals surface area contributed by atoms with Gasteiger partial charge in [-0.25, -0.2) is 0 Å². The first-order valence-corrected chi connectivity index (χ1v) is 22.1. The van der Waals surface area contributed by atoms with Gasteiger partial charge in [-0.15, -0.1) is 0 Å². The van der Waals surface area contributed by atoms with Crippen LogP contribution in [0.4, 0.5) is 0 Å². The third kappa shape index (κ3) is 24.9. The van der Waals surface area contributed by atoms with Crippen LogP contribution in [0.3, 0.4) is 0 Å². The molecule has 0 fully saturated rings. The highest BCUT2D eigenvalue weighted by atomic mass is 16.3. The Morgan fingerprint density at radius 1 is 0.338 bits per heavy atom. The van der Waals surface area contributed by atoms with Crippen LogP contribution in [-0.4, -0.2) is 120 Å². The number of carbonyl (C=O) groups excluding carboxylic acids is 4. The van der Waals surface area contributed by atoms with Crippen molar-refractivity contribution >= 4 is 23.6 Å². The van der Waals surface area contributed by atoms with Gasteiger partial charge in [0.2, 0.25) is 23.6 Å². The van der Waals surface area contributed by atoms with Gasteiger partial charge in [0.1, 0.15) is 0 Å². The van der Waals surface area contributed by atoms with E-state index in [1.807, 2.05) is 97.1 Å². The van der Waals surface area contributed by atoms with E-state index >= 15 is 0 Å². The summed E-state index contributed by atoms with van der Waals surface area (Å²) < 4.78 is 0. The van der Waals surface area contributed by atoms with E-state index < -0.39 is 0 Å². The molecule has 12 nitrogen and oxygen atoms in total. The number of aliphatic hydroxyl groups excluding tert-OH is 4. The molecule has 0 spiro atoms. The number of nitrogens with zero attached hydrogens (tertiary/aromatic N) is 4. The van der Waals surface area contributed by atoms with Crippen molar-refractivity contribution in [2.24, 2.45) is 0 Å². The summed E-state index contributed by atoms with van der Waals surface area (Å²) in [5.41, 5.74) is 6.58. The van der Waals surface area contributed by atoms with Gasteiger partial charge in [-0.1, -0.05) is 120 Å². The summed E-state index contributed by atoms with van der Waals surface area (Å²) >= 11 is 0. The molecule has 0 unspecified atom stereocenters. The minimum atomic E-state index is -0.0124. The van der Waals surface area contributed by atoms with Gasteiger partial charge in [0, 0.05) is 130 Å². The van der Waals surface area contributed by atoms with Gasteiger partial charge in [-0.2, -0.15) is 0 Å². The van der Waals surface area contributed by atoms with Gasteiger partial charge < -0.3 is 40.0 Å². The van der Waals surface area contributed by atoms with Crippen molar-refractivity contribution in [2.45, 2.75) is 77.8 Å². The number of aliphatic hydroxyl groups is 4. The van der Waals surface area contributed by atoms with Gasteiger partial charge in [-0.3, -0.25) is 19.2 Å². The summed E-state index contributed by atoms with van der Waals surface area (Å²) in [6.45, 7) is -0.0497. The fourth-order valence-electron chi connectivity index (χ4n) is 5.32. The molecule has 0 heterocycles. The van der Waals surface area contributed by atoms with Gasteiger partial charge in [0.25, 0.3) is 0 Å². The van der Waals surface area contributed by atoms with E-state index in [-0.39, 0.29) is 50.1 Å². The van der Waals surface area contributed by atoms with Crippen LogP contribution in [0.1, 0.15) is 95.9 Å². The lowest BCUT2D eigenvalue weighted by Gasteiger charge is -2.07. The van der Waals surface area contributed by atoms with Crippen molar-refractivity contribution in [1.82, 2.24) is 19.6 Å². The first kappa shape index (κ1) is 58.9. The molecule has 0 bridgehead atoms. The lowest BCUT2D eigenvalue weighted by Crippen LogP contribution is -2.20. The predicted molar refractivity (Wildman–Crippen MR) is 269 cm³/mol. The fourth-order valence-corrected chi connectivity index (χ4v) is 5.32. The van der Waals surface area contributed by atoms with E-state index in [0.29, 0.717) is 51.4 Å². The Labute approximate surface area is 404 Å². The van der Waals surface area contributed by atoms with Crippen molar-refractivity contribution < 1.29 is 39.6 Å². The number of rotatable bonds is 12. The molecule has 0 aliphatic rings. The summed E-state index contributed by atoms with van der Waals surface area (Å²) in [6.07, 6.45) is 3.88. The Balaban J connectivity index is 0.000000453. The highest BCUT2D eigenvalue weighted by Crippen LogP contribution is 2.10. The molecule has 0 radical (unpaired) electrons. The quantitative estimate of drug-likeness (QED) is 0.134. The first-order valence-electron chi connectivity index (χ1n) is 22.1. The van der Waals surface area contributed by atoms with Crippen LogP contribution in [0.15, 0.2) is 97.1 Å². The number of amides is 4. The maximum absolute atomic E-state index is 11.3. The van der Waals surface area contributed by atoms with Gasteiger partial charge in [0.15, 0.2) is 0 Å². The Bertz CT molecular complexity index is 2110. The molecule has 4 aromatic rings. The van der Waals surface area contributed by atoms with Gasteiger partial charge in [0.05, 0.1) is 26.4 Å². The van der Waals surface area contributed by atoms with Gasteiger partial charge in [-0.05, 0) is 46.5 Å². The zero-order chi connectivity index (χ0) is 50.7. The molecular weight excluding hydrogens is 857 g/mol. The molecule has 4 aromatic carbocycles. The van der Waals surface area contributed by atoms with E-state index in [1.54, 1.807) is 76.0 Å². The number of hydrogen-bond acceptors (Lipinski definition) is 8. The van der Waals surface area contributed by atoms with Crippen LogP contribution < -0.4 is 0 Å². The Kier molecular flexibility index (Phi) is 30.4. The zero-order valence-corrected chi connectivity index (χ0v) is 40.9. The van der Waals surface area contributed by atoms with Crippen molar-refractivity contribution in [2.75, 3.05) is 56.4 Å². The van der Waals surface area contributed by atoms with Crippen molar-refractivity contribution in [3.05, 3.63) is 142 Å². The van der Waals surface area contributed by atoms with Crippen molar-refractivity contribution in [3.8, 4) is 47.4 Å². The van der Waals surface area contributed by atoms with E-state index in [1.165, 1.54) is 0 Å². The summed E-state index contributed by atoms with van der Waals surface area (Å²) in [5.74, 6) is 24.0. The topological polar surface area (TPSA) is 162 Å². The molecule has 68 heavy (non-hydrogen) atoms. The van der Waals surface area contributed by atoms with Crippen LogP contribution in [0.25, 0.3) is 0 Å². The monoisotopic (exact) mass is 925 g/mol. The third-order valence-corrected chi connectivity index (χ3v) is 9.49. The number of hydrogen-bond donors (Lipinski definition) is 4. The number of carbonyl (C=O) groups is 4. The second-order valence-electron chi connectivity index (χ2n) is 15.6. The first-order chi connectivity index (χ1) is 32.6. The molecule has 0 saturated carbocycles. The molecule has 360 valence electrons. The van der Waals surface area contributed by atoms with Gasteiger partial charge >= 0.3 is 0 Å². The molecule has 12 heteroatoms. The molecule has 0 atom stereocenters. The molecule has 4 N–H and O–H groups in total. The Morgan fingerprint density at radius 3 is 0.676 bits per heavy atom. The number of benzene rings is 4. The smallest absolute Gasteiger partial charge is 0.223 e. The average molecular weight is 925 g/mol. The second kappa shape index (κ2) is 35.1. The fraction of sp³-hybridized carbons (Fsp3) is 0.357. The molecule has 0 aliphatic heterocycles. The van der Waals surface area contributed by atoms with Crippen molar-refractivity contribution in [1.29, 1.82) is 0 Å². The lowest BCUT2D eigenvalue weighted by molar-refractivity contribution is -0.129. The van der Waals surface area contributed by atoms with Crippen LogP contribution in [0.2, 0.25) is 0 Å². The Hall–Kier alpha value is -7.16. The second-order valence-corrected chi connectivity index (χ2v) is 15.6. The van der Waals surface area contributed by atoms with Crippen molar-refractivity contribution in [3.63, 3.8) is 0 Å². The SMILES string of the molecule is CN(C)C(=O)CCC#Cc1ccccc1CO.CN(C)C(=O)CCC#Cc1ccccc1CO.CN(C)C(=O)CCC#Cc1ccccc1CO.CN(C)C(=O)CCC#Cc1ccccc1CO. The molecular formula is C56H68N4O8. The summed E-state index contributed by atoms with van der Waals surface area (Å²) in [7, 11) is 13.9. The van der Waals surface area contributed by atoms with E-state index in [0.717, 1.165) is 44.5 Å². The maximum atomic E-state index is 11.3. The third-order valence-electron chi connectivity index (χ3n) is 9.49. The minimum Gasteiger partial charge on any atom is -0.392 e. The van der Waals surface area contributed by atoms with Crippen LogP contribution in [0, 0.1) is 47.4 Å². The van der Waals surface area contributed by atoms with Crippen LogP contribution in [-0.2, 0) is 45.6 Å². The maximum Gasteiger partial charge on any atom is 0.223 e.